The molecule has 0 radical (unpaired) electrons. The molecule has 5 aromatic rings. The molecule has 0 spiro atoms. The van der Waals surface area contributed by atoms with E-state index in [9.17, 15) is 13.6 Å². The van der Waals surface area contributed by atoms with E-state index in [-0.39, 0.29) is 31.8 Å². The van der Waals surface area contributed by atoms with Crippen molar-refractivity contribution in [3.8, 4) is 16.9 Å². The number of ether oxygens (including phenoxy) is 2. The Morgan fingerprint density at radius 2 is 1.93 bits per heavy atom. The van der Waals surface area contributed by atoms with Crippen LogP contribution in [0, 0.1) is 6.92 Å². The Bertz CT molecular complexity index is 1800. The normalized spacial score (nSPS) is 16.2. The van der Waals surface area contributed by atoms with E-state index in [0.717, 1.165) is 43.9 Å². The van der Waals surface area contributed by atoms with Crippen LogP contribution in [0.1, 0.15) is 49.0 Å². The summed E-state index contributed by atoms with van der Waals surface area (Å²) in [6.45, 7) is 4.09. The lowest BCUT2D eigenvalue weighted by Crippen LogP contribution is -2.13. The summed E-state index contributed by atoms with van der Waals surface area (Å²) >= 11 is 0. The Balaban J connectivity index is 1.41. The van der Waals surface area contributed by atoms with E-state index < -0.39 is 12.0 Å². The first-order valence-electron chi connectivity index (χ1n) is 14.1. The molecule has 2 heterocycles. The Labute approximate surface area is 242 Å². The van der Waals surface area contributed by atoms with E-state index in [1.165, 1.54) is 0 Å². The third-order valence-corrected chi connectivity index (χ3v) is 8.01. The first-order chi connectivity index (χ1) is 20.2. The summed E-state index contributed by atoms with van der Waals surface area (Å²) < 4.78 is 41.7. The molecule has 3 aromatic carbocycles. The van der Waals surface area contributed by atoms with Crippen molar-refractivity contribution in [2.24, 2.45) is 0 Å². The number of alkyl halides is 2. The first-order valence-corrected chi connectivity index (χ1v) is 14.1. The molecule has 216 valence electrons. The number of esters is 1. The largest absolute Gasteiger partial charge is 0.487 e. The lowest BCUT2D eigenvalue weighted by atomic mass is 9.97. The average Bonchev–Trinajstić information content (AvgIpc) is 3.52. The predicted octanol–water partition coefficient (Wildman–Crippen LogP) is 7.19. The van der Waals surface area contributed by atoms with Gasteiger partial charge in [0.1, 0.15) is 23.9 Å². The maximum absolute atomic E-state index is 14.2. The van der Waals surface area contributed by atoms with Crippen LogP contribution < -0.4 is 10.5 Å². The van der Waals surface area contributed by atoms with Crippen molar-refractivity contribution in [2.75, 3.05) is 12.3 Å². The molecule has 42 heavy (non-hydrogen) atoms. The number of hydrogen-bond donors (Lipinski definition) is 1. The molecule has 0 aliphatic heterocycles. The van der Waals surface area contributed by atoms with Crippen molar-refractivity contribution in [3.63, 3.8) is 0 Å². The smallest absolute Gasteiger partial charge is 0.310 e. The van der Waals surface area contributed by atoms with Crippen molar-refractivity contribution in [1.82, 2.24) is 14.8 Å². The van der Waals surface area contributed by atoms with Gasteiger partial charge in [-0.15, -0.1) is 0 Å². The summed E-state index contributed by atoms with van der Waals surface area (Å²) in [6, 6.07) is 19.0. The fourth-order valence-electron chi connectivity index (χ4n) is 5.91. The number of nitrogens with two attached hydrogens (primary N) is 1. The molecule has 1 saturated carbocycles. The fraction of sp³-hybridized carbons (Fsp3) is 0.303. The van der Waals surface area contributed by atoms with Crippen LogP contribution in [0.15, 0.2) is 66.9 Å². The van der Waals surface area contributed by atoms with Gasteiger partial charge in [-0.1, -0.05) is 36.4 Å². The average molecular weight is 571 g/mol. The minimum Gasteiger partial charge on any atom is -0.487 e. The van der Waals surface area contributed by atoms with E-state index in [1.807, 2.05) is 67.6 Å². The number of rotatable bonds is 8. The molecule has 7 nitrogen and oxygen atoms in total. The van der Waals surface area contributed by atoms with E-state index in [2.05, 4.69) is 4.98 Å². The van der Waals surface area contributed by atoms with Gasteiger partial charge in [-0.3, -0.25) is 9.48 Å². The van der Waals surface area contributed by atoms with Gasteiger partial charge in [0, 0.05) is 35.4 Å². The van der Waals surface area contributed by atoms with Gasteiger partial charge in [-0.2, -0.15) is 5.10 Å². The Morgan fingerprint density at radius 1 is 1.10 bits per heavy atom. The van der Waals surface area contributed by atoms with Crippen LogP contribution >= 0.6 is 0 Å². The van der Waals surface area contributed by atoms with Gasteiger partial charge in [0.15, 0.2) is 0 Å². The van der Waals surface area contributed by atoms with Crippen LogP contribution in [0.2, 0.25) is 0 Å². The van der Waals surface area contributed by atoms with Crippen molar-refractivity contribution < 1.29 is 23.0 Å². The molecule has 0 amide bonds. The minimum absolute atomic E-state index is 0.0887. The number of fused-ring (bicyclic) bond motifs is 2. The summed E-state index contributed by atoms with van der Waals surface area (Å²) in [5, 5.41) is 7.49. The van der Waals surface area contributed by atoms with Crippen molar-refractivity contribution in [3.05, 3.63) is 83.7 Å². The number of nitrogen functional groups attached to an aromatic ring is 1. The van der Waals surface area contributed by atoms with E-state index >= 15 is 0 Å². The molecule has 1 fully saturated rings. The number of carbonyl (C=O) groups excluding carboxylic acids is 1. The first kappa shape index (κ1) is 27.6. The maximum atomic E-state index is 14.2. The number of carbonyl (C=O) groups is 1. The molecule has 0 saturated heterocycles. The van der Waals surface area contributed by atoms with E-state index in [0.29, 0.717) is 30.3 Å². The molecule has 1 unspecified atom stereocenters. The highest BCUT2D eigenvalue weighted by atomic mass is 19.3. The molecule has 2 N–H and O–H groups in total. The summed E-state index contributed by atoms with van der Waals surface area (Å²) in [5.41, 5.74) is 11.1. The molecule has 1 aliphatic rings. The molecule has 9 heteroatoms. The number of nitrogens with zero attached hydrogens (tertiary/aromatic N) is 3. The minimum atomic E-state index is -2.71. The molecule has 1 aliphatic carbocycles. The SMILES string of the molecule is CCOC(=O)Cc1c(C)cccc1OCc1nn(C2CCC(F)(F)C2)c2ccc(-c3cccc4c(N)nccc34)cc12. The number of hydrogen-bond acceptors (Lipinski definition) is 6. The summed E-state index contributed by atoms with van der Waals surface area (Å²) in [4.78, 5) is 16.5. The number of pyridine rings is 1. The summed E-state index contributed by atoms with van der Waals surface area (Å²) in [6.07, 6.45) is 1.72. The Morgan fingerprint density at radius 3 is 2.71 bits per heavy atom. The molecular formula is C33H32F2N4O3. The van der Waals surface area contributed by atoms with E-state index in [1.54, 1.807) is 17.8 Å². The quantitative estimate of drug-likeness (QED) is 0.199. The van der Waals surface area contributed by atoms with Gasteiger partial charge in [0.25, 0.3) is 0 Å². The number of aryl methyl sites for hydroxylation is 1. The molecule has 0 bridgehead atoms. The van der Waals surface area contributed by atoms with Gasteiger partial charge in [0.2, 0.25) is 5.92 Å². The highest BCUT2D eigenvalue weighted by Crippen LogP contribution is 2.43. The van der Waals surface area contributed by atoms with Crippen LogP contribution in [0.4, 0.5) is 14.6 Å². The zero-order chi connectivity index (χ0) is 29.4. The lowest BCUT2D eigenvalue weighted by Gasteiger charge is -2.13. The standard InChI is InChI=1S/C33H32F2N4O3/c1-3-41-31(40)17-26-20(2)6-4-9-30(26)42-19-28-27-16-21(23-7-5-8-25-24(23)13-15-37-32(25)36)10-11-29(27)39(38-28)22-12-14-33(34,35)18-22/h4-11,13,15-16,22H,3,12,14,17-19H2,1-2H3,(H2,36,37). The molecular weight excluding hydrogens is 538 g/mol. The zero-order valence-electron chi connectivity index (χ0n) is 23.6. The highest BCUT2D eigenvalue weighted by Gasteiger charge is 2.41. The molecule has 2 aromatic heterocycles. The number of anilines is 1. The third-order valence-electron chi connectivity index (χ3n) is 8.01. The number of benzene rings is 3. The topological polar surface area (TPSA) is 92.3 Å². The predicted molar refractivity (Wildman–Crippen MR) is 159 cm³/mol. The monoisotopic (exact) mass is 570 g/mol. The van der Waals surface area contributed by atoms with Crippen LogP contribution in [0.25, 0.3) is 32.8 Å². The van der Waals surface area contributed by atoms with Crippen LogP contribution in [-0.4, -0.2) is 33.3 Å². The van der Waals surface area contributed by atoms with E-state index in [4.69, 9.17) is 20.3 Å². The van der Waals surface area contributed by atoms with Crippen molar-refractivity contribution >= 4 is 33.5 Å². The van der Waals surface area contributed by atoms with Crippen molar-refractivity contribution in [1.29, 1.82) is 0 Å². The zero-order valence-corrected chi connectivity index (χ0v) is 23.6. The van der Waals surface area contributed by atoms with Gasteiger partial charge < -0.3 is 15.2 Å². The van der Waals surface area contributed by atoms with Gasteiger partial charge in [-0.05, 0) is 66.6 Å². The Kier molecular flexibility index (Phi) is 7.26. The van der Waals surface area contributed by atoms with Crippen molar-refractivity contribution in [2.45, 2.75) is 58.1 Å². The highest BCUT2D eigenvalue weighted by molar-refractivity contribution is 6.02. The third kappa shape index (κ3) is 5.26. The number of aromatic nitrogens is 3. The lowest BCUT2D eigenvalue weighted by molar-refractivity contribution is -0.142. The van der Waals surface area contributed by atoms with Gasteiger partial charge in [-0.25, -0.2) is 13.8 Å². The van der Waals surface area contributed by atoms with Gasteiger partial charge in [0.05, 0.1) is 24.6 Å². The van der Waals surface area contributed by atoms with Crippen LogP contribution in [0.5, 0.6) is 5.75 Å². The molecule has 1 atom stereocenters. The molecule has 6 rings (SSSR count). The Hall–Kier alpha value is -4.53. The second-order valence-corrected chi connectivity index (χ2v) is 10.8. The maximum Gasteiger partial charge on any atom is 0.310 e. The summed E-state index contributed by atoms with van der Waals surface area (Å²) in [7, 11) is 0. The second kappa shape index (κ2) is 11.0. The fourth-order valence-corrected chi connectivity index (χ4v) is 5.91. The summed E-state index contributed by atoms with van der Waals surface area (Å²) in [5.74, 6) is -2.02. The van der Waals surface area contributed by atoms with Crippen LogP contribution in [-0.2, 0) is 22.6 Å². The van der Waals surface area contributed by atoms with Crippen LogP contribution in [0.3, 0.4) is 0 Å². The van der Waals surface area contributed by atoms with Gasteiger partial charge >= 0.3 is 5.97 Å². The second-order valence-electron chi connectivity index (χ2n) is 10.8. The number of halogens is 2.